The molecule has 4 rings (SSSR count). The van der Waals surface area contributed by atoms with Crippen LogP contribution in [0.3, 0.4) is 0 Å². The first-order valence-electron chi connectivity index (χ1n) is 8.48. The number of fused-ring (bicyclic) bond motifs is 1. The molecule has 0 N–H and O–H groups in total. The molecule has 0 aliphatic rings. The van der Waals surface area contributed by atoms with E-state index in [2.05, 4.69) is 20.2 Å². The molecule has 4 aromatic rings. The van der Waals surface area contributed by atoms with Crippen molar-refractivity contribution in [3.63, 3.8) is 0 Å². The third-order valence-electron chi connectivity index (χ3n) is 4.21. The molecule has 4 aromatic heterocycles. The van der Waals surface area contributed by atoms with Crippen molar-refractivity contribution < 1.29 is 26.0 Å². The van der Waals surface area contributed by atoms with Gasteiger partial charge < -0.3 is 0 Å². The number of hydrogen-bond acceptors (Lipinski definition) is 6. The van der Waals surface area contributed by atoms with Crippen molar-refractivity contribution in [2.45, 2.75) is 18.0 Å². The molecule has 0 fully saturated rings. The lowest BCUT2D eigenvalue weighted by atomic mass is 10.2. The molecular formula is C17H12F4N6O2S. The predicted molar refractivity (Wildman–Crippen MR) is 96.0 cm³/mol. The minimum absolute atomic E-state index is 0.0117. The molecule has 0 radical (unpaired) electrons. The lowest BCUT2D eigenvalue weighted by molar-refractivity contribution is -0.141. The Labute approximate surface area is 166 Å². The van der Waals surface area contributed by atoms with Crippen molar-refractivity contribution in [2.75, 3.05) is 5.75 Å². The second kappa shape index (κ2) is 6.86. The van der Waals surface area contributed by atoms with Crippen LogP contribution in [0.25, 0.3) is 22.9 Å². The number of hydrogen-bond donors (Lipinski definition) is 0. The number of halogens is 4. The molecule has 0 unspecified atom stereocenters. The highest BCUT2D eigenvalue weighted by Gasteiger charge is 2.34. The quantitative estimate of drug-likeness (QED) is 0.453. The van der Waals surface area contributed by atoms with Crippen molar-refractivity contribution >= 4 is 15.5 Å². The van der Waals surface area contributed by atoms with Crippen LogP contribution in [0.5, 0.6) is 0 Å². The van der Waals surface area contributed by atoms with Crippen LogP contribution in [-0.2, 0) is 16.0 Å². The maximum atomic E-state index is 13.3. The molecule has 0 saturated carbocycles. The summed E-state index contributed by atoms with van der Waals surface area (Å²) in [6, 6.07) is 5.75. The molecule has 8 nitrogen and oxygen atoms in total. The first-order valence-corrected chi connectivity index (χ1v) is 10.1. The van der Waals surface area contributed by atoms with Gasteiger partial charge in [0, 0.05) is 24.5 Å². The predicted octanol–water partition coefficient (Wildman–Crippen LogP) is 2.93. The lowest BCUT2D eigenvalue weighted by Crippen LogP contribution is -2.10. The average Bonchev–Trinajstić information content (AvgIpc) is 3.33. The summed E-state index contributed by atoms with van der Waals surface area (Å²) in [7, 11) is -3.75. The number of alkyl halides is 3. The number of aromatic nitrogens is 6. The van der Waals surface area contributed by atoms with E-state index in [1.807, 2.05) is 0 Å². The van der Waals surface area contributed by atoms with Crippen LogP contribution < -0.4 is 0 Å². The Hall–Kier alpha value is -3.35. The molecule has 0 atom stereocenters. The van der Waals surface area contributed by atoms with E-state index in [1.165, 1.54) is 37.5 Å². The second-order valence-corrected chi connectivity index (χ2v) is 8.39. The molecule has 0 saturated heterocycles. The molecule has 0 bridgehead atoms. The minimum Gasteiger partial charge on any atom is -0.227 e. The summed E-state index contributed by atoms with van der Waals surface area (Å²) in [5.74, 6) is -0.887. The Kier molecular flexibility index (Phi) is 4.56. The fourth-order valence-corrected chi connectivity index (χ4v) is 3.76. The number of pyridine rings is 1. The summed E-state index contributed by atoms with van der Waals surface area (Å²) in [4.78, 5) is 8.18. The zero-order valence-corrected chi connectivity index (χ0v) is 16.0. The van der Waals surface area contributed by atoms with E-state index in [0.717, 1.165) is 21.3 Å². The van der Waals surface area contributed by atoms with Crippen molar-refractivity contribution in [3.05, 3.63) is 54.4 Å². The maximum Gasteiger partial charge on any atom is 0.435 e. The Morgan fingerprint density at radius 1 is 1.03 bits per heavy atom. The Balaban J connectivity index is 1.93. The monoisotopic (exact) mass is 440 g/mol. The maximum absolute atomic E-state index is 13.3. The van der Waals surface area contributed by atoms with Crippen molar-refractivity contribution in [1.82, 2.24) is 29.4 Å². The highest BCUT2D eigenvalue weighted by Crippen LogP contribution is 2.30. The topological polar surface area (TPSA) is 95.0 Å². The van der Waals surface area contributed by atoms with E-state index < -0.39 is 27.7 Å². The number of rotatable bonds is 4. The van der Waals surface area contributed by atoms with E-state index in [4.69, 9.17) is 0 Å². The first-order chi connectivity index (χ1) is 14.1. The SMILES string of the molecule is CCS(=O)(=O)c1ccc(-n2ccc(F)n2)nc1-c1ccn2nc(C(F)(F)F)cc2n1. The molecule has 0 aliphatic carbocycles. The summed E-state index contributed by atoms with van der Waals surface area (Å²) < 4.78 is 79.1. The fraction of sp³-hybridized carbons (Fsp3) is 0.176. The van der Waals surface area contributed by atoms with Crippen molar-refractivity contribution in [3.8, 4) is 17.2 Å². The lowest BCUT2D eigenvalue weighted by Gasteiger charge is -2.10. The van der Waals surface area contributed by atoms with Gasteiger partial charge in [0.25, 0.3) is 0 Å². The molecule has 156 valence electrons. The minimum atomic E-state index is -4.66. The largest absolute Gasteiger partial charge is 0.435 e. The van der Waals surface area contributed by atoms with Gasteiger partial charge in [0.05, 0.1) is 16.3 Å². The first kappa shape index (κ1) is 19.9. The van der Waals surface area contributed by atoms with Gasteiger partial charge in [0.2, 0.25) is 5.95 Å². The zero-order valence-electron chi connectivity index (χ0n) is 15.2. The van der Waals surface area contributed by atoms with Crippen LogP contribution in [0.15, 0.2) is 47.6 Å². The van der Waals surface area contributed by atoms with E-state index >= 15 is 0 Å². The second-order valence-electron chi connectivity index (χ2n) is 6.15. The molecule has 0 amide bonds. The van der Waals surface area contributed by atoms with Gasteiger partial charge >= 0.3 is 6.18 Å². The van der Waals surface area contributed by atoms with Crippen LogP contribution >= 0.6 is 0 Å². The molecule has 0 spiro atoms. The molecule has 0 aliphatic heterocycles. The Morgan fingerprint density at radius 2 is 1.80 bits per heavy atom. The molecule has 4 heterocycles. The zero-order chi connectivity index (χ0) is 21.7. The smallest absolute Gasteiger partial charge is 0.227 e. The third-order valence-corrected chi connectivity index (χ3v) is 5.97. The average molecular weight is 440 g/mol. The van der Waals surface area contributed by atoms with E-state index in [1.54, 1.807) is 0 Å². The molecular weight excluding hydrogens is 428 g/mol. The van der Waals surface area contributed by atoms with Crippen LogP contribution in [0.4, 0.5) is 17.6 Å². The number of sulfone groups is 1. The van der Waals surface area contributed by atoms with Gasteiger partial charge in [-0.3, -0.25) is 0 Å². The van der Waals surface area contributed by atoms with Crippen molar-refractivity contribution in [2.24, 2.45) is 0 Å². The van der Waals surface area contributed by atoms with E-state index in [-0.39, 0.29) is 33.5 Å². The van der Waals surface area contributed by atoms with E-state index in [9.17, 15) is 26.0 Å². The van der Waals surface area contributed by atoms with Gasteiger partial charge in [0.1, 0.15) is 5.69 Å². The normalized spacial score (nSPS) is 12.6. The van der Waals surface area contributed by atoms with Crippen molar-refractivity contribution in [1.29, 1.82) is 0 Å². The Morgan fingerprint density at radius 3 is 2.43 bits per heavy atom. The van der Waals surface area contributed by atoms with Gasteiger partial charge in [-0.25, -0.2) is 27.6 Å². The summed E-state index contributed by atoms with van der Waals surface area (Å²) >= 11 is 0. The number of nitrogens with zero attached hydrogens (tertiary/aromatic N) is 6. The van der Waals surface area contributed by atoms with Gasteiger partial charge in [-0.15, -0.1) is 5.10 Å². The Bertz CT molecular complexity index is 1360. The van der Waals surface area contributed by atoms with Gasteiger partial charge in [-0.1, -0.05) is 6.92 Å². The summed E-state index contributed by atoms with van der Waals surface area (Å²) in [6.45, 7) is 1.44. The molecule has 0 aromatic carbocycles. The third kappa shape index (κ3) is 3.51. The highest BCUT2D eigenvalue weighted by molar-refractivity contribution is 7.91. The van der Waals surface area contributed by atoms with Crippen LogP contribution in [-0.4, -0.2) is 43.5 Å². The molecule has 30 heavy (non-hydrogen) atoms. The van der Waals surface area contributed by atoms with Gasteiger partial charge in [-0.2, -0.15) is 22.7 Å². The van der Waals surface area contributed by atoms with Gasteiger partial charge in [-0.05, 0) is 18.2 Å². The standard InChI is InChI=1S/C17H12F4N6O2S/c1-2-30(28,29)11-3-4-14(26-8-6-13(18)25-26)23-16(11)10-5-7-27-15(22-10)9-12(24-27)17(19,20)21/h3-9H,2H2,1H3. The molecule has 13 heteroatoms. The fourth-order valence-electron chi connectivity index (χ4n) is 2.73. The van der Waals surface area contributed by atoms with Crippen LogP contribution in [0.1, 0.15) is 12.6 Å². The van der Waals surface area contributed by atoms with E-state index in [0.29, 0.717) is 0 Å². The van der Waals surface area contributed by atoms with Gasteiger partial charge in [0.15, 0.2) is 27.0 Å². The summed E-state index contributed by atoms with van der Waals surface area (Å²) in [5.41, 5.74) is -1.36. The summed E-state index contributed by atoms with van der Waals surface area (Å²) in [5, 5.41) is 7.00. The highest BCUT2D eigenvalue weighted by atomic mass is 32.2. The summed E-state index contributed by atoms with van der Waals surface area (Å²) in [6.07, 6.45) is -2.15. The van der Waals surface area contributed by atoms with Crippen LogP contribution in [0.2, 0.25) is 0 Å². The van der Waals surface area contributed by atoms with Crippen LogP contribution in [0, 0.1) is 5.95 Å².